The number of rotatable bonds is 4. The van der Waals surface area contributed by atoms with Crippen molar-refractivity contribution in [3.05, 3.63) is 23.8 Å². The molecule has 1 unspecified atom stereocenters. The SMILES string of the molecule is CCCNC(C)C1=CCCC=C1. The molecule has 1 heteroatoms. The molecule has 0 fully saturated rings. The molecule has 12 heavy (non-hydrogen) atoms. The standard InChI is InChI=1S/C11H19N/c1-3-9-12-10(2)11-7-5-4-6-8-11/h5,7-8,10,12H,3-4,6,9H2,1-2H3. The average molecular weight is 165 g/mol. The van der Waals surface area contributed by atoms with E-state index in [9.17, 15) is 0 Å². The molecule has 1 nitrogen and oxygen atoms in total. The van der Waals surface area contributed by atoms with Gasteiger partial charge in [0, 0.05) is 6.04 Å². The lowest BCUT2D eigenvalue weighted by atomic mass is 10.0. The Morgan fingerprint density at radius 2 is 2.33 bits per heavy atom. The zero-order valence-electron chi connectivity index (χ0n) is 8.14. The van der Waals surface area contributed by atoms with Crippen LogP contribution in [0.5, 0.6) is 0 Å². The van der Waals surface area contributed by atoms with E-state index < -0.39 is 0 Å². The smallest absolute Gasteiger partial charge is 0.0288 e. The summed E-state index contributed by atoms with van der Waals surface area (Å²) in [4.78, 5) is 0. The van der Waals surface area contributed by atoms with Gasteiger partial charge in [-0.15, -0.1) is 0 Å². The minimum atomic E-state index is 0.529. The van der Waals surface area contributed by atoms with E-state index in [2.05, 4.69) is 37.4 Å². The molecule has 0 bridgehead atoms. The summed E-state index contributed by atoms with van der Waals surface area (Å²) in [6, 6.07) is 0.529. The Kier molecular flexibility index (Phi) is 4.09. The Bertz CT molecular complexity index is 179. The molecule has 0 heterocycles. The summed E-state index contributed by atoms with van der Waals surface area (Å²) in [6.07, 6.45) is 10.5. The summed E-state index contributed by atoms with van der Waals surface area (Å²) in [5.74, 6) is 0. The van der Waals surface area contributed by atoms with Crippen LogP contribution in [-0.4, -0.2) is 12.6 Å². The van der Waals surface area contributed by atoms with E-state index in [0.29, 0.717) is 6.04 Å². The second-order valence-electron chi connectivity index (χ2n) is 3.36. The van der Waals surface area contributed by atoms with Crippen LogP contribution in [0.25, 0.3) is 0 Å². The lowest BCUT2D eigenvalue weighted by Gasteiger charge is -2.16. The topological polar surface area (TPSA) is 12.0 Å². The van der Waals surface area contributed by atoms with Crippen LogP contribution in [0, 0.1) is 0 Å². The van der Waals surface area contributed by atoms with Gasteiger partial charge in [0.1, 0.15) is 0 Å². The lowest BCUT2D eigenvalue weighted by molar-refractivity contribution is 0.606. The highest BCUT2D eigenvalue weighted by atomic mass is 14.9. The van der Waals surface area contributed by atoms with Gasteiger partial charge in [-0.25, -0.2) is 0 Å². The van der Waals surface area contributed by atoms with Crippen LogP contribution in [0.2, 0.25) is 0 Å². The molecular weight excluding hydrogens is 146 g/mol. The predicted molar refractivity (Wildman–Crippen MR) is 54.2 cm³/mol. The fourth-order valence-corrected chi connectivity index (χ4v) is 1.43. The summed E-state index contributed by atoms with van der Waals surface area (Å²) >= 11 is 0. The van der Waals surface area contributed by atoms with Gasteiger partial charge in [-0.2, -0.15) is 0 Å². The molecule has 0 saturated heterocycles. The van der Waals surface area contributed by atoms with Crippen LogP contribution in [0.4, 0.5) is 0 Å². The highest BCUT2D eigenvalue weighted by Crippen LogP contribution is 2.12. The molecule has 1 N–H and O–H groups in total. The summed E-state index contributed by atoms with van der Waals surface area (Å²) in [7, 11) is 0. The zero-order chi connectivity index (χ0) is 8.81. The van der Waals surface area contributed by atoms with Crippen molar-refractivity contribution in [2.45, 2.75) is 39.2 Å². The van der Waals surface area contributed by atoms with Gasteiger partial charge < -0.3 is 5.32 Å². The summed E-state index contributed by atoms with van der Waals surface area (Å²) < 4.78 is 0. The van der Waals surface area contributed by atoms with Gasteiger partial charge in [0.25, 0.3) is 0 Å². The minimum Gasteiger partial charge on any atom is -0.310 e. The van der Waals surface area contributed by atoms with Gasteiger partial charge in [0.15, 0.2) is 0 Å². The molecule has 0 aromatic heterocycles. The fraction of sp³-hybridized carbons (Fsp3) is 0.636. The number of hydrogen-bond acceptors (Lipinski definition) is 1. The van der Waals surface area contributed by atoms with Crippen molar-refractivity contribution in [2.24, 2.45) is 0 Å². The van der Waals surface area contributed by atoms with Crippen molar-refractivity contribution < 1.29 is 0 Å². The number of hydrogen-bond donors (Lipinski definition) is 1. The number of allylic oxidation sites excluding steroid dienone is 2. The minimum absolute atomic E-state index is 0.529. The van der Waals surface area contributed by atoms with Gasteiger partial charge in [-0.1, -0.05) is 25.2 Å². The predicted octanol–water partition coefficient (Wildman–Crippen LogP) is 2.65. The molecule has 0 aromatic carbocycles. The Labute approximate surface area is 75.6 Å². The van der Waals surface area contributed by atoms with E-state index in [-0.39, 0.29) is 0 Å². The first-order valence-electron chi connectivity index (χ1n) is 4.94. The molecule has 0 radical (unpaired) electrons. The maximum Gasteiger partial charge on any atom is 0.0288 e. The van der Waals surface area contributed by atoms with E-state index in [1.165, 1.54) is 24.8 Å². The number of nitrogens with one attached hydrogen (secondary N) is 1. The first-order valence-corrected chi connectivity index (χ1v) is 4.94. The second kappa shape index (κ2) is 5.15. The molecule has 0 spiro atoms. The largest absolute Gasteiger partial charge is 0.310 e. The van der Waals surface area contributed by atoms with Crippen LogP contribution in [0.1, 0.15) is 33.1 Å². The fourth-order valence-electron chi connectivity index (χ4n) is 1.43. The van der Waals surface area contributed by atoms with E-state index >= 15 is 0 Å². The third kappa shape index (κ3) is 2.82. The Balaban J connectivity index is 2.35. The average Bonchev–Trinajstić information content (AvgIpc) is 2.15. The zero-order valence-corrected chi connectivity index (χ0v) is 8.14. The molecule has 1 aliphatic rings. The molecule has 1 aliphatic carbocycles. The van der Waals surface area contributed by atoms with E-state index in [1.54, 1.807) is 0 Å². The molecule has 1 rings (SSSR count). The molecule has 68 valence electrons. The molecule has 0 saturated carbocycles. The van der Waals surface area contributed by atoms with Crippen LogP contribution >= 0.6 is 0 Å². The summed E-state index contributed by atoms with van der Waals surface area (Å²) in [5, 5.41) is 3.48. The van der Waals surface area contributed by atoms with Gasteiger partial charge >= 0.3 is 0 Å². The first kappa shape index (κ1) is 9.53. The van der Waals surface area contributed by atoms with Gasteiger partial charge in [-0.05, 0) is 38.3 Å². The van der Waals surface area contributed by atoms with Crippen molar-refractivity contribution >= 4 is 0 Å². The molecule has 0 amide bonds. The Morgan fingerprint density at radius 1 is 1.50 bits per heavy atom. The van der Waals surface area contributed by atoms with E-state index in [4.69, 9.17) is 0 Å². The molecule has 0 aromatic rings. The first-order chi connectivity index (χ1) is 5.84. The summed E-state index contributed by atoms with van der Waals surface area (Å²) in [5.41, 5.74) is 1.45. The van der Waals surface area contributed by atoms with Crippen molar-refractivity contribution in [3.63, 3.8) is 0 Å². The third-order valence-electron chi connectivity index (χ3n) is 2.22. The summed E-state index contributed by atoms with van der Waals surface area (Å²) in [6.45, 7) is 5.55. The van der Waals surface area contributed by atoms with Crippen LogP contribution in [0.15, 0.2) is 23.8 Å². The third-order valence-corrected chi connectivity index (χ3v) is 2.22. The van der Waals surface area contributed by atoms with Crippen LogP contribution < -0.4 is 5.32 Å². The molecular formula is C11H19N. The Morgan fingerprint density at radius 3 is 2.92 bits per heavy atom. The van der Waals surface area contributed by atoms with Gasteiger partial charge in [0.05, 0.1) is 0 Å². The van der Waals surface area contributed by atoms with Crippen molar-refractivity contribution in [2.75, 3.05) is 6.54 Å². The highest BCUT2D eigenvalue weighted by molar-refractivity contribution is 5.26. The van der Waals surface area contributed by atoms with Crippen molar-refractivity contribution in [1.29, 1.82) is 0 Å². The molecule has 1 atom stereocenters. The van der Waals surface area contributed by atoms with E-state index in [0.717, 1.165) is 6.54 Å². The van der Waals surface area contributed by atoms with Gasteiger partial charge in [-0.3, -0.25) is 0 Å². The van der Waals surface area contributed by atoms with Gasteiger partial charge in [0.2, 0.25) is 0 Å². The van der Waals surface area contributed by atoms with Crippen LogP contribution in [0.3, 0.4) is 0 Å². The van der Waals surface area contributed by atoms with Crippen LogP contribution in [-0.2, 0) is 0 Å². The highest BCUT2D eigenvalue weighted by Gasteiger charge is 2.05. The maximum atomic E-state index is 3.48. The monoisotopic (exact) mass is 165 g/mol. The normalized spacial score (nSPS) is 19.0. The molecule has 0 aliphatic heterocycles. The van der Waals surface area contributed by atoms with E-state index in [1.807, 2.05) is 0 Å². The van der Waals surface area contributed by atoms with Crippen molar-refractivity contribution in [1.82, 2.24) is 5.32 Å². The lowest BCUT2D eigenvalue weighted by Crippen LogP contribution is -2.28. The Hall–Kier alpha value is -0.560. The quantitative estimate of drug-likeness (QED) is 0.675. The van der Waals surface area contributed by atoms with Crippen molar-refractivity contribution in [3.8, 4) is 0 Å². The second-order valence-corrected chi connectivity index (χ2v) is 3.36. The maximum absolute atomic E-state index is 3.48.